The van der Waals surface area contributed by atoms with Gasteiger partial charge in [-0.2, -0.15) is 6.92 Å². The molecular weight excluding hydrogens is 356 g/mol. The predicted octanol–water partition coefficient (Wildman–Crippen LogP) is 2.28. The Morgan fingerprint density at radius 1 is 1.13 bits per heavy atom. The van der Waals surface area contributed by atoms with Crippen molar-refractivity contribution in [1.82, 2.24) is 9.80 Å². The molecular formula is C12H26N2W. The molecule has 0 radical (unpaired) electrons. The van der Waals surface area contributed by atoms with E-state index >= 15 is 0 Å². The quantitative estimate of drug-likeness (QED) is 0.594. The van der Waals surface area contributed by atoms with Crippen LogP contribution in [0.3, 0.4) is 0 Å². The van der Waals surface area contributed by atoms with E-state index in [0.717, 1.165) is 12.0 Å². The van der Waals surface area contributed by atoms with Crippen molar-refractivity contribution < 1.29 is 21.1 Å². The Labute approximate surface area is 111 Å². The first kappa shape index (κ1) is 18.0. The Balaban J connectivity index is 0. The van der Waals surface area contributed by atoms with Gasteiger partial charge in [0.1, 0.15) is 0 Å². The molecule has 3 heteroatoms. The fourth-order valence-electron chi connectivity index (χ4n) is 2.42. The zero-order valence-electron chi connectivity index (χ0n) is 9.41. The van der Waals surface area contributed by atoms with Gasteiger partial charge in [0.05, 0.1) is 0 Å². The standard InChI is InChI=1S/C9H17N2.C2H5.CH4.W/c1-10-5-3-8-4-6-11(2)9(8)7-10;1-2;;/h8-9H,1,3-7H2,2H3;1H2,2H3;1H4;/q2*-1;;+2/t8-,9-;;;/m0.../s1. The SMILES string of the molecule is C.[CH2-]C.[CH2-]N1CC[C@H]2CCN(C)[C@H]2C1.[W+2]. The van der Waals surface area contributed by atoms with Gasteiger partial charge in [-0.25, -0.2) is 0 Å². The molecule has 0 bridgehead atoms. The van der Waals surface area contributed by atoms with Crippen molar-refractivity contribution in [3.8, 4) is 0 Å². The molecule has 0 aromatic heterocycles. The summed E-state index contributed by atoms with van der Waals surface area (Å²) in [6.45, 7) is 8.68. The summed E-state index contributed by atoms with van der Waals surface area (Å²) in [4.78, 5) is 4.70. The minimum absolute atomic E-state index is 0. The van der Waals surface area contributed by atoms with Gasteiger partial charge in [0.15, 0.2) is 0 Å². The summed E-state index contributed by atoms with van der Waals surface area (Å²) in [7, 11) is 6.24. The van der Waals surface area contributed by atoms with Crippen LogP contribution in [0.1, 0.15) is 27.2 Å². The Hall–Kier alpha value is 0.608. The fourth-order valence-corrected chi connectivity index (χ4v) is 2.42. The average molecular weight is 382 g/mol. The smallest absolute Gasteiger partial charge is 0.458 e. The normalized spacial score (nSPS) is 30.4. The van der Waals surface area contributed by atoms with Crippen LogP contribution in [0.4, 0.5) is 0 Å². The number of likely N-dealkylation sites (N-methyl/N-ethyl adjacent to an activating group) is 1. The number of fused-ring (bicyclic) bond motifs is 1. The molecule has 0 N–H and O–H groups in total. The molecule has 0 aromatic carbocycles. The third kappa shape index (κ3) is 4.54. The van der Waals surface area contributed by atoms with Crippen LogP contribution in [0.15, 0.2) is 0 Å². The summed E-state index contributed by atoms with van der Waals surface area (Å²) in [6.07, 6.45) is 2.77. The molecule has 0 spiro atoms. The van der Waals surface area contributed by atoms with Gasteiger partial charge in [0.2, 0.25) is 0 Å². The first-order valence-electron chi connectivity index (χ1n) is 5.24. The van der Waals surface area contributed by atoms with Gasteiger partial charge < -0.3 is 16.7 Å². The predicted molar refractivity (Wildman–Crippen MR) is 63.8 cm³/mol. The summed E-state index contributed by atoms with van der Waals surface area (Å²) < 4.78 is 0. The van der Waals surface area contributed by atoms with Crippen LogP contribution in [0.5, 0.6) is 0 Å². The van der Waals surface area contributed by atoms with Crippen LogP contribution < -0.4 is 0 Å². The molecule has 90 valence electrons. The van der Waals surface area contributed by atoms with E-state index in [4.69, 9.17) is 0 Å². The van der Waals surface area contributed by atoms with Gasteiger partial charge in [0, 0.05) is 6.04 Å². The van der Waals surface area contributed by atoms with Crippen LogP contribution in [0.2, 0.25) is 0 Å². The molecule has 15 heavy (non-hydrogen) atoms. The maximum atomic E-state index is 4.00. The van der Waals surface area contributed by atoms with Gasteiger partial charge in [-0.1, -0.05) is 7.43 Å². The summed E-state index contributed by atoms with van der Waals surface area (Å²) in [5, 5.41) is 0. The summed E-state index contributed by atoms with van der Waals surface area (Å²) in [6, 6.07) is 0.807. The molecule has 2 rings (SSSR count). The van der Waals surface area contributed by atoms with Crippen molar-refractivity contribution >= 4 is 0 Å². The first-order valence-corrected chi connectivity index (χ1v) is 5.24. The van der Waals surface area contributed by atoms with Crippen LogP contribution in [-0.4, -0.2) is 42.5 Å². The van der Waals surface area contributed by atoms with E-state index in [1.165, 1.54) is 32.5 Å². The number of nitrogens with zero attached hydrogens (tertiary/aromatic N) is 2. The number of likely N-dealkylation sites (tertiary alicyclic amines) is 2. The second kappa shape index (κ2) is 8.73. The molecule has 2 aliphatic rings. The molecule has 2 aliphatic heterocycles. The maximum Gasteiger partial charge on any atom is 2.00 e. The summed E-state index contributed by atoms with van der Waals surface area (Å²) in [5.41, 5.74) is 0. The number of hydrogen-bond donors (Lipinski definition) is 0. The second-order valence-electron chi connectivity index (χ2n) is 3.96. The molecule has 0 saturated carbocycles. The van der Waals surface area contributed by atoms with Crippen LogP contribution in [0, 0.1) is 19.9 Å². The number of hydrogen-bond acceptors (Lipinski definition) is 2. The number of piperidine rings is 1. The number of rotatable bonds is 0. The van der Waals surface area contributed by atoms with E-state index in [9.17, 15) is 0 Å². The Bertz CT molecular complexity index is 153. The topological polar surface area (TPSA) is 6.48 Å². The van der Waals surface area contributed by atoms with Gasteiger partial charge in [0.25, 0.3) is 0 Å². The van der Waals surface area contributed by atoms with Crippen LogP contribution >= 0.6 is 0 Å². The van der Waals surface area contributed by atoms with E-state index < -0.39 is 0 Å². The van der Waals surface area contributed by atoms with Crippen molar-refractivity contribution in [2.75, 3.05) is 26.7 Å². The van der Waals surface area contributed by atoms with Gasteiger partial charge in [-0.3, -0.25) is 7.05 Å². The zero-order valence-corrected chi connectivity index (χ0v) is 12.3. The summed E-state index contributed by atoms with van der Waals surface area (Å²) >= 11 is 0. The van der Waals surface area contributed by atoms with Crippen molar-refractivity contribution in [2.45, 2.75) is 33.2 Å². The largest absolute Gasteiger partial charge is 2.00 e. The Kier molecular flexibility index (Phi) is 10.5. The van der Waals surface area contributed by atoms with E-state index in [0.29, 0.717) is 0 Å². The molecule has 2 saturated heterocycles. The van der Waals surface area contributed by atoms with E-state index in [1.807, 2.05) is 0 Å². The van der Waals surface area contributed by atoms with Gasteiger partial charge >= 0.3 is 21.1 Å². The molecule has 2 fully saturated rings. The van der Waals surface area contributed by atoms with Gasteiger partial charge in [-0.15, -0.1) is 0 Å². The maximum absolute atomic E-state index is 4.00. The fraction of sp³-hybridized carbons (Fsp3) is 0.833. The molecule has 2 atom stereocenters. The molecule has 0 aromatic rings. The van der Waals surface area contributed by atoms with E-state index in [1.54, 1.807) is 6.92 Å². The second-order valence-corrected chi connectivity index (χ2v) is 3.96. The minimum Gasteiger partial charge on any atom is -0.458 e. The van der Waals surface area contributed by atoms with Gasteiger partial charge in [-0.05, 0) is 45.4 Å². The first-order chi connectivity index (χ1) is 6.27. The van der Waals surface area contributed by atoms with Crippen LogP contribution in [0.25, 0.3) is 0 Å². The molecule has 0 aliphatic carbocycles. The van der Waals surface area contributed by atoms with Crippen LogP contribution in [-0.2, 0) is 21.1 Å². The van der Waals surface area contributed by atoms with Crippen molar-refractivity contribution in [1.29, 1.82) is 0 Å². The minimum atomic E-state index is 0. The molecule has 2 heterocycles. The summed E-state index contributed by atoms with van der Waals surface area (Å²) in [5.74, 6) is 0.970. The molecule has 0 amide bonds. The van der Waals surface area contributed by atoms with Crippen molar-refractivity contribution in [3.63, 3.8) is 0 Å². The monoisotopic (exact) mass is 382 g/mol. The van der Waals surface area contributed by atoms with E-state index in [-0.39, 0.29) is 28.5 Å². The van der Waals surface area contributed by atoms with Crippen molar-refractivity contribution in [3.05, 3.63) is 14.0 Å². The third-order valence-corrected chi connectivity index (χ3v) is 3.22. The average Bonchev–Trinajstić information content (AvgIpc) is 2.52. The Morgan fingerprint density at radius 2 is 1.67 bits per heavy atom. The third-order valence-electron chi connectivity index (χ3n) is 3.22. The zero-order chi connectivity index (χ0) is 9.84. The van der Waals surface area contributed by atoms with E-state index in [2.05, 4.69) is 30.8 Å². The van der Waals surface area contributed by atoms with Crippen molar-refractivity contribution in [2.24, 2.45) is 5.92 Å². The molecule has 2 nitrogen and oxygen atoms in total. The Morgan fingerprint density at radius 3 is 2.27 bits per heavy atom. The molecule has 0 unspecified atom stereocenters.